The number of phenols is 1. The van der Waals surface area contributed by atoms with Gasteiger partial charge in [0.1, 0.15) is 17.3 Å². The van der Waals surface area contributed by atoms with E-state index in [1.54, 1.807) is 26.8 Å². The molecule has 2 unspecified atom stereocenters. The molecule has 0 bridgehead atoms. The summed E-state index contributed by atoms with van der Waals surface area (Å²) in [5.41, 5.74) is 2.48. The van der Waals surface area contributed by atoms with Crippen molar-refractivity contribution in [1.29, 1.82) is 0 Å². The first kappa shape index (κ1) is 22.0. The molecule has 1 N–H and O–H groups in total. The number of carbonyl (C=O) groups excluding carboxylic acids is 3. The van der Waals surface area contributed by atoms with Crippen LogP contribution in [0.15, 0.2) is 23.0 Å². The highest BCUT2D eigenvalue weighted by molar-refractivity contribution is 6.32. The van der Waals surface area contributed by atoms with Gasteiger partial charge in [0.2, 0.25) is 5.78 Å². The molecular formula is C24H28O6. The van der Waals surface area contributed by atoms with Crippen LogP contribution in [0.1, 0.15) is 77.1 Å². The first-order valence-corrected chi connectivity index (χ1v) is 10.2. The Kier molecular flexibility index (Phi) is 5.99. The van der Waals surface area contributed by atoms with E-state index in [-0.39, 0.29) is 45.5 Å². The lowest BCUT2D eigenvalue weighted by molar-refractivity contribution is -0.124. The Morgan fingerprint density at radius 2 is 1.87 bits per heavy atom. The predicted octanol–water partition coefficient (Wildman–Crippen LogP) is 4.18. The molecule has 2 aliphatic carbocycles. The van der Waals surface area contributed by atoms with Gasteiger partial charge in [-0.3, -0.25) is 14.4 Å². The average molecular weight is 412 g/mol. The Labute approximate surface area is 176 Å². The summed E-state index contributed by atoms with van der Waals surface area (Å²) in [5, 5.41) is 11.2. The number of carbonyl (C=O) groups is 3. The molecule has 2 aliphatic rings. The molecule has 1 aromatic carbocycles. The van der Waals surface area contributed by atoms with Gasteiger partial charge in [0.05, 0.1) is 24.4 Å². The number of aromatic hydroxyl groups is 1. The fourth-order valence-corrected chi connectivity index (χ4v) is 4.73. The molecule has 6 heteroatoms. The van der Waals surface area contributed by atoms with Gasteiger partial charge in [-0.2, -0.15) is 0 Å². The van der Waals surface area contributed by atoms with Gasteiger partial charge in [0.25, 0.3) is 0 Å². The molecule has 2 atom stereocenters. The van der Waals surface area contributed by atoms with Crippen molar-refractivity contribution >= 4 is 17.3 Å². The topological polar surface area (TPSA) is 89.9 Å². The quantitative estimate of drug-likeness (QED) is 0.590. The number of methoxy groups -OCH3 is 2. The van der Waals surface area contributed by atoms with Crippen LogP contribution in [-0.4, -0.2) is 36.7 Å². The molecule has 1 aromatic rings. The van der Waals surface area contributed by atoms with Gasteiger partial charge >= 0.3 is 0 Å². The van der Waals surface area contributed by atoms with E-state index < -0.39 is 11.9 Å². The van der Waals surface area contributed by atoms with Gasteiger partial charge in [0.15, 0.2) is 5.78 Å². The second-order valence-corrected chi connectivity index (χ2v) is 7.79. The Morgan fingerprint density at radius 3 is 2.40 bits per heavy atom. The molecule has 6 nitrogen and oxygen atoms in total. The normalized spacial score (nSPS) is 23.9. The monoisotopic (exact) mass is 412 g/mol. The Morgan fingerprint density at radius 1 is 1.20 bits per heavy atom. The minimum absolute atomic E-state index is 0.00410. The van der Waals surface area contributed by atoms with Crippen molar-refractivity contribution in [3.05, 3.63) is 50.8 Å². The van der Waals surface area contributed by atoms with E-state index in [4.69, 9.17) is 9.47 Å². The maximum Gasteiger partial charge on any atom is 0.201 e. The fraction of sp³-hybridized carbons (Fsp3) is 0.458. The second-order valence-electron chi connectivity index (χ2n) is 7.79. The van der Waals surface area contributed by atoms with E-state index in [0.717, 1.165) is 5.56 Å². The second kappa shape index (κ2) is 8.19. The van der Waals surface area contributed by atoms with Crippen molar-refractivity contribution in [2.45, 2.75) is 53.1 Å². The summed E-state index contributed by atoms with van der Waals surface area (Å²) in [4.78, 5) is 39.2. The number of benzene rings is 1. The van der Waals surface area contributed by atoms with Crippen LogP contribution < -0.4 is 0 Å². The molecule has 0 fully saturated rings. The number of ether oxygens (including phenoxy) is 2. The summed E-state index contributed by atoms with van der Waals surface area (Å²) in [5.74, 6) is -0.801. The van der Waals surface area contributed by atoms with Crippen LogP contribution in [-0.2, 0) is 20.7 Å². The number of Topliss-reactive ketones (excluding diaryl/α,β-unsaturated/α-hetero) is 3. The lowest BCUT2D eigenvalue weighted by atomic mass is 9.71. The minimum Gasteiger partial charge on any atom is -0.507 e. The zero-order valence-corrected chi connectivity index (χ0v) is 18.3. The Balaban J connectivity index is 2.36. The van der Waals surface area contributed by atoms with Gasteiger partial charge < -0.3 is 14.6 Å². The number of allylic oxidation sites excluding steroid dienone is 4. The van der Waals surface area contributed by atoms with Crippen LogP contribution in [0, 0.1) is 12.8 Å². The number of rotatable bonds is 4. The molecule has 0 heterocycles. The maximum absolute atomic E-state index is 13.4. The zero-order valence-electron chi connectivity index (χ0n) is 18.3. The van der Waals surface area contributed by atoms with Crippen molar-refractivity contribution < 1.29 is 29.0 Å². The van der Waals surface area contributed by atoms with Crippen molar-refractivity contribution in [1.82, 2.24) is 0 Å². The van der Waals surface area contributed by atoms with Gasteiger partial charge in [-0.25, -0.2) is 0 Å². The zero-order chi connectivity index (χ0) is 22.3. The third kappa shape index (κ3) is 3.10. The SMILES string of the molecule is C/C=C1/C(=O)c2c(C)c3c(c(O)c2C(=O)/C1=C(/C)OC)C(OC)CC(C(=O)CC)C3. The first-order valence-electron chi connectivity index (χ1n) is 10.2. The number of ketones is 3. The molecule has 0 radical (unpaired) electrons. The number of hydrogen-bond acceptors (Lipinski definition) is 6. The summed E-state index contributed by atoms with van der Waals surface area (Å²) in [6, 6.07) is 0. The van der Waals surface area contributed by atoms with Crippen LogP contribution in [0.25, 0.3) is 0 Å². The third-order valence-corrected chi connectivity index (χ3v) is 6.40. The molecule has 0 aliphatic heterocycles. The standard InChI is InChI=1S/C24H28O6/c1-7-14-19(12(4)29-5)23(27)21-18(22(14)26)11(3)15-9-13(16(25)8-2)10-17(30-6)20(15)24(21)28/h7,13,17,28H,8-10H2,1-6H3/b14-7+,19-12-. The van der Waals surface area contributed by atoms with Crippen molar-refractivity contribution in [3.8, 4) is 5.75 Å². The first-order chi connectivity index (χ1) is 14.2. The Hall–Kier alpha value is -2.73. The van der Waals surface area contributed by atoms with E-state index in [0.29, 0.717) is 36.1 Å². The highest BCUT2D eigenvalue weighted by Crippen LogP contribution is 2.48. The van der Waals surface area contributed by atoms with E-state index in [1.807, 2.05) is 6.92 Å². The van der Waals surface area contributed by atoms with Crippen molar-refractivity contribution in [2.75, 3.05) is 14.2 Å². The number of hydrogen-bond donors (Lipinski definition) is 1. The smallest absolute Gasteiger partial charge is 0.201 e. The van der Waals surface area contributed by atoms with Gasteiger partial charge in [-0.05, 0) is 44.7 Å². The Bertz CT molecular complexity index is 1010. The van der Waals surface area contributed by atoms with Gasteiger partial charge in [-0.15, -0.1) is 0 Å². The van der Waals surface area contributed by atoms with E-state index >= 15 is 0 Å². The van der Waals surface area contributed by atoms with E-state index in [1.165, 1.54) is 14.2 Å². The number of phenolic OH excluding ortho intramolecular Hbond substituents is 1. The summed E-state index contributed by atoms with van der Waals surface area (Å²) >= 11 is 0. The summed E-state index contributed by atoms with van der Waals surface area (Å²) in [6.07, 6.45) is 2.33. The predicted molar refractivity (Wildman–Crippen MR) is 112 cm³/mol. The third-order valence-electron chi connectivity index (χ3n) is 6.40. The van der Waals surface area contributed by atoms with Crippen molar-refractivity contribution in [3.63, 3.8) is 0 Å². The van der Waals surface area contributed by atoms with E-state index in [9.17, 15) is 19.5 Å². The van der Waals surface area contributed by atoms with Gasteiger partial charge in [-0.1, -0.05) is 13.0 Å². The highest BCUT2D eigenvalue weighted by atomic mass is 16.5. The highest BCUT2D eigenvalue weighted by Gasteiger charge is 2.43. The van der Waals surface area contributed by atoms with Crippen molar-refractivity contribution in [2.24, 2.45) is 5.92 Å². The summed E-state index contributed by atoms with van der Waals surface area (Å²) in [7, 11) is 2.96. The summed E-state index contributed by atoms with van der Waals surface area (Å²) in [6.45, 7) is 6.91. The molecular weight excluding hydrogens is 384 g/mol. The molecule has 0 saturated heterocycles. The molecule has 30 heavy (non-hydrogen) atoms. The average Bonchev–Trinajstić information content (AvgIpc) is 2.76. The van der Waals surface area contributed by atoms with E-state index in [2.05, 4.69) is 0 Å². The molecule has 160 valence electrons. The van der Waals surface area contributed by atoms with Crippen LogP contribution in [0.5, 0.6) is 5.75 Å². The molecule has 3 rings (SSSR count). The van der Waals surface area contributed by atoms with Crippen LogP contribution in [0.2, 0.25) is 0 Å². The van der Waals surface area contributed by atoms with Crippen LogP contribution in [0.4, 0.5) is 0 Å². The molecule has 0 spiro atoms. The fourth-order valence-electron chi connectivity index (χ4n) is 4.73. The minimum atomic E-state index is -0.528. The van der Waals surface area contributed by atoms with Crippen LogP contribution >= 0.6 is 0 Å². The molecule has 0 saturated carbocycles. The van der Waals surface area contributed by atoms with Gasteiger partial charge in [0, 0.05) is 36.1 Å². The summed E-state index contributed by atoms with van der Waals surface area (Å²) < 4.78 is 10.9. The maximum atomic E-state index is 13.4. The largest absolute Gasteiger partial charge is 0.507 e. The van der Waals surface area contributed by atoms with Crippen LogP contribution in [0.3, 0.4) is 0 Å². The number of fused-ring (bicyclic) bond motifs is 2. The lowest BCUT2D eigenvalue weighted by Gasteiger charge is -2.34. The lowest BCUT2D eigenvalue weighted by Crippen LogP contribution is -2.31. The molecule has 0 amide bonds. The molecule has 0 aromatic heterocycles.